The number of sulfonamides is 1. The first kappa shape index (κ1) is 20.8. The molecule has 0 atom stereocenters. The second-order valence-corrected chi connectivity index (χ2v) is 8.40. The van der Waals surface area contributed by atoms with Gasteiger partial charge in [-0.3, -0.25) is 0 Å². The summed E-state index contributed by atoms with van der Waals surface area (Å²) >= 11 is 1.51. The minimum atomic E-state index is -3.70. The second kappa shape index (κ2) is 9.50. The average molecular weight is 433 g/mol. The predicted molar refractivity (Wildman–Crippen MR) is 111 cm³/mol. The van der Waals surface area contributed by atoms with Crippen LogP contribution in [-0.4, -0.2) is 26.0 Å². The van der Waals surface area contributed by atoms with Gasteiger partial charge in [0.2, 0.25) is 10.0 Å². The van der Waals surface area contributed by atoms with E-state index in [4.69, 9.17) is 9.88 Å². The second-order valence-electron chi connectivity index (χ2n) is 6.12. The number of rotatable bonds is 8. The van der Waals surface area contributed by atoms with Gasteiger partial charge in [-0.1, -0.05) is 18.2 Å². The molecule has 10 heteroatoms. The van der Waals surface area contributed by atoms with Crippen molar-refractivity contribution in [3.05, 3.63) is 70.7 Å². The van der Waals surface area contributed by atoms with Crippen molar-refractivity contribution in [2.45, 2.75) is 17.9 Å². The number of nitrogens with one attached hydrogen (secondary N) is 2. The van der Waals surface area contributed by atoms with E-state index in [1.807, 2.05) is 5.38 Å². The molecule has 8 nitrogen and oxygen atoms in total. The summed E-state index contributed by atoms with van der Waals surface area (Å²) < 4.78 is 28.2. The first-order valence-electron chi connectivity index (χ1n) is 8.67. The molecule has 0 saturated heterocycles. The summed E-state index contributed by atoms with van der Waals surface area (Å²) in [6.07, 6.45) is 0.551. The maximum absolute atomic E-state index is 12.1. The van der Waals surface area contributed by atoms with Gasteiger partial charge in [-0.05, 0) is 36.2 Å². The number of aromatic nitrogens is 1. The summed E-state index contributed by atoms with van der Waals surface area (Å²) in [5, 5.41) is 12.5. The third-order valence-electron chi connectivity index (χ3n) is 3.91. The lowest BCUT2D eigenvalue weighted by atomic mass is 10.1. The Morgan fingerprint density at radius 1 is 1.17 bits per heavy atom. The van der Waals surface area contributed by atoms with Crippen LogP contribution in [0.25, 0.3) is 0 Å². The number of urea groups is 1. The van der Waals surface area contributed by atoms with Crippen molar-refractivity contribution in [2.75, 3.05) is 11.9 Å². The summed E-state index contributed by atoms with van der Waals surface area (Å²) in [7, 11) is -3.70. The molecule has 29 heavy (non-hydrogen) atoms. The van der Waals surface area contributed by atoms with Crippen LogP contribution in [0.1, 0.15) is 11.3 Å². The monoisotopic (exact) mass is 432 g/mol. The smallest absolute Gasteiger partial charge is 0.319 e. The van der Waals surface area contributed by atoms with E-state index >= 15 is 0 Å². The van der Waals surface area contributed by atoms with Gasteiger partial charge in [0.15, 0.2) is 0 Å². The van der Waals surface area contributed by atoms with Crippen molar-refractivity contribution in [3.63, 3.8) is 0 Å². The van der Waals surface area contributed by atoms with Crippen molar-refractivity contribution in [3.8, 4) is 5.75 Å². The zero-order valence-corrected chi connectivity index (χ0v) is 17.0. The Labute approximate surface area is 172 Å². The Morgan fingerprint density at radius 3 is 2.66 bits per heavy atom. The van der Waals surface area contributed by atoms with Gasteiger partial charge in [-0.25, -0.2) is 23.3 Å². The zero-order valence-electron chi connectivity index (χ0n) is 15.4. The van der Waals surface area contributed by atoms with Crippen molar-refractivity contribution in [1.82, 2.24) is 10.3 Å². The third kappa shape index (κ3) is 6.56. The topological polar surface area (TPSA) is 123 Å². The fraction of sp³-hybridized carbons (Fsp3) is 0.158. The highest BCUT2D eigenvalue weighted by Crippen LogP contribution is 2.18. The number of ether oxygens (including phenoxy) is 1. The predicted octanol–water partition coefficient (Wildman–Crippen LogP) is 2.73. The number of amides is 2. The van der Waals surface area contributed by atoms with Crippen LogP contribution >= 0.6 is 11.3 Å². The molecule has 4 N–H and O–H groups in total. The Hall–Kier alpha value is -2.95. The molecule has 0 fully saturated rings. The fourth-order valence-corrected chi connectivity index (χ4v) is 3.53. The highest BCUT2D eigenvalue weighted by atomic mass is 32.2. The number of anilines is 1. The highest BCUT2D eigenvalue weighted by molar-refractivity contribution is 7.89. The van der Waals surface area contributed by atoms with Crippen LogP contribution in [0.15, 0.2) is 64.3 Å². The lowest BCUT2D eigenvalue weighted by molar-refractivity contribution is 0.252. The first-order valence-corrected chi connectivity index (χ1v) is 11.2. The van der Waals surface area contributed by atoms with E-state index in [1.54, 1.807) is 41.9 Å². The van der Waals surface area contributed by atoms with E-state index in [1.165, 1.54) is 23.5 Å². The maximum Gasteiger partial charge on any atom is 0.319 e. The van der Waals surface area contributed by atoms with Crippen molar-refractivity contribution in [1.29, 1.82) is 0 Å². The molecule has 3 rings (SSSR count). The molecule has 0 aliphatic carbocycles. The highest BCUT2D eigenvalue weighted by Gasteiger charge is 2.07. The number of hydrogen-bond donors (Lipinski definition) is 3. The SMILES string of the molecule is NS(=O)(=O)c1ccc(CCNC(=O)Nc2cccc(OCc3cscn3)c2)cc1. The van der Waals surface area contributed by atoms with E-state index in [0.717, 1.165) is 11.3 Å². The van der Waals surface area contributed by atoms with Gasteiger partial charge in [0.1, 0.15) is 12.4 Å². The number of thiazole rings is 1. The number of carbonyl (C=O) groups is 1. The standard InChI is InChI=1S/C19H20N4O4S2/c20-29(25,26)18-6-4-14(5-7-18)8-9-21-19(24)23-15-2-1-3-17(10-15)27-11-16-12-28-13-22-16/h1-7,10,12-13H,8-9,11H2,(H2,20,25,26)(H2,21,23,24). The fourth-order valence-electron chi connectivity index (χ4n) is 2.47. The molecule has 0 aliphatic heterocycles. The van der Waals surface area contributed by atoms with Crippen molar-refractivity contribution >= 4 is 33.1 Å². The van der Waals surface area contributed by atoms with Crippen molar-refractivity contribution < 1.29 is 17.9 Å². The van der Waals surface area contributed by atoms with E-state index in [-0.39, 0.29) is 10.9 Å². The lowest BCUT2D eigenvalue weighted by Crippen LogP contribution is -2.30. The molecule has 2 amide bonds. The van der Waals surface area contributed by atoms with Crippen LogP contribution in [0.4, 0.5) is 10.5 Å². The van der Waals surface area contributed by atoms with Gasteiger partial charge < -0.3 is 15.4 Å². The van der Waals surface area contributed by atoms with Gasteiger partial charge in [0.25, 0.3) is 0 Å². The van der Waals surface area contributed by atoms with E-state index in [2.05, 4.69) is 15.6 Å². The van der Waals surface area contributed by atoms with Gasteiger partial charge in [0, 0.05) is 23.7 Å². The molecule has 0 unspecified atom stereocenters. The van der Waals surface area contributed by atoms with E-state index in [9.17, 15) is 13.2 Å². The van der Waals surface area contributed by atoms with Crippen LogP contribution in [0.3, 0.4) is 0 Å². The molecule has 1 heterocycles. The minimum Gasteiger partial charge on any atom is -0.487 e. The van der Waals surface area contributed by atoms with Crippen molar-refractivity contribution in [2.24, 2.45) is 5.14 Å². The molecular formula is C19H20N4O4S2. The summed E-state index contributed by atoms with van der Waals surface area (Å²) in [4.78, 5) is 16.3. The summed E-state index contributed by atoms with van der Waals surface area (Å²) in [6, 6.07) is 13.0. The number of primary sulfonamides is 1. The normalized spacial score (nSPS) is 11.1. The average Bonchev–Trinajstić information content (AvgIpc) is 3.20. The summed E-state index contributed by atoms with van der Waals surface area (Å²) in [5.74, 6) is 0.630. The van der Waals surface area contributed by atoms with Crippen LogP contribution < -0.4 is 20.5 Å². The largest absolute Gasteiger partial charge is 0.487 e. The molecule has 152 valence electrons. The molecule has 0 spiro atoms. The number of nitrogens with zero attached hydrogens (tertiary/aromatic N) is 1. The Balaban J connectivity index is 1.45. The molecular weight excluding hydrogens is 412 g/mol. The Bertz CT molecular complexity index is 1050. The molecule has 1 aromatic heterocycles. The minimum absolute atomic E-state index is 0.0591. The van der Waals surface area contributed by atoms with Crippen LogP contribution in [-0.2, 0) is 23.1 Å². The van der Waals surface area contributed by atoms with Gasteiger partial charge >= 0.3 is 6.03 Å². The first-order chi connectivity index (χ1) is 13.9. The number of nitrogens with two attached hydrogens (primary N) is 1. The molecule has 0 saturated carbocycles. The lowest BCUT2D eigenvalue weighted by Gasteiger charge is -2.10. The molecule has 0 aliphatic rings. The molecule has 0 bridgehead atoms. The molecule has 2 aromatic carbocycles. The van der Waals surface area contributed by atoms with Crippen LogP contribution in [0.5, 0.6) is 5.75 Å². The number of hydrogen-bond acceptors (Lipinski definition) is 6. The molecule has 3 aromatic rings. The maximum atomic E-state index is 12.1. The zero-order chi connectivity index (χ0) is 20.7. The Morgan fingerprint density at radius 2 is 1.97 bits per heavy atom. The van der Waals surface area contributed by atoms with E-state index in [0.29, 0.717) is 31.0 Å². The van der Waals surface area contributed by atoms with Gasteiger partial charge in [-0.2, -0.15) is 0 Å². The van der Waals surface area contributed by atoms with Crippen LogP contribution in [0, 0.1) is 0 Å². The number of benzene rings is 2. The third-order valence-corrected chi connectivity index (χ3v) is 5.48. The number of carbonyl (C=O) groups excluding carboxylic acids is 1. The molecule has 0 radical (unpaired) electrons. The quantitative estimate of drug-likeness (QED) is 0.505. The Kier molecular flexibility index (Phi) is 6.81. The summed E-state index contributed by atoms with van der Waals surface area (Å²) in [5.41, 5.74) is 4.09. The van der Waals surface area contributed by atoms with E-state index < -0.39 is 10.0 Å². The van der Waals surface area contributed by atoms with Gasteiger partial charge in [0.05, 0.1) is 16.1 Å². The van der Waals surface area contributed by atoms with Gasteiger partial charge in [-0.15, -0.1) is 11.3 Å². The van der Waals surface area contributed by atoms with Crippen LogP contribution in [0.2, 0.25) is 0 Å². The summed E-state index contributed by atoms with van der Waals surface area (Å²) in [6.45, 7) is 0.754.